The topological polar surface area (TPSA) is 59.8 Å². The van der Waals surface area contributed by atoms with Crippen molar-refractivity contribution in [1.29, 1.82) is 0 Å². The maximum atomic E-state index is 12.0. The summed E-state index contributed by atoms with van der Waals surface area (Å²) >= 11 is 7.43. The Bertz CT molecular complexity index is 699. The molecule has 116 valence electrons. The van der Waals surface area contributed by atoms with E-state index in [2.05, 4.69) is 22.1 Å². The Morgan fingerprint density at radius 2 is 2.23 bits per heavy atom. The zero-order valence-corrected chi connectivity index (χ0v) is 14.0. The standard InChI is InChI=1S/C15H17ClN4OS/c1-4-7-20-11(3)18-19-15(20)22-9-14(21)17-13-6-5-10(2)8-12(13)16/h4-6,8H,1,7,9H2,2-3H3,(H,17,21). The molecule has 1 aromatic heterocycles. The summed E-state index contributed by atoms with van der Waals surface area (Å²) in [5, 5.41) is 12.1. The molecule has 1 aromatic carbocycles. The van der Waals surface area contributed by atoms with Crippen molar-refractivity contribution in [2.24, 2.45) is 0 Å². The molecule has 1 amide bonds. The molecule has 0 fully saturated rings. The predicted octanol–water partition coefficient (Wildman–Crippen LogP) is 3.47. The number of carbonyl (C=O) groups is 1. The first-order valence-corrected chi connectivity index (χ1v) is 8.07. The Kier molecular flexibility index (Phi) is 5.63. The minimum absolute atomic E-state index is 0.137. The second-order valence-electron chi connectivity index (χ2n) is 4.75. The molecule has 0 atom stereocenters. The number of aromatic nitrogens is 3. The Balaban J connectivity index is 1.97. The fraction of sp³-hybridized carbons (Fsp3) is 0.267. The van der Waals surface area contributed by atoms with E-state index in [0.29, 0.717) is 22.4 Å². The summed E-state index contributed by atoms with van der Waals surface area (Å²) in [6.07, 6.45) is 1.77. The van der Waals surface area contributed by atoms with Gasteiger partial charge >= 0.3 is 0 Å². The highest BCUT2D eigenvalue weighted by molar-refractivity contribution is 7.99. The first kappa shape index (κ1) is 16.6. The fourth-order valence-corrected chi connectivity index (χ4v) is 2.92. The highest BCUT2D eigenvalue weighted by Gasteiger charge is 2.12. The maximum absolute atomic E-state index is 12.0. The lowest BCUT2D eigenvalue weighted by Gasteiger charge is -2.08. The van der Waals surface area contributed by atoms with Crippen molar-refractivity contribution in [2.45, 2.75) is 25.5 Å². The summed E-state index contributed by atoms with van der Waals surface area (Å²) in [6.45, 7) is 8.14. The molecule has 2 rings (SSSR count). The van der Waals surface area contributed by atoms with Gasteiger partial charge in [0.2, 0.25) is 5.91 Å². The van der Waals surface area contributed by atoms with E-state index >= 15 is 0 Å². The minimum Gasteiger partial charge on any atom is -0.324 e. The van der Waals surface area contributed by atoms with Crippen LogP contribution >= 0.6 is 23.4 Å². The van der Waals surface area contributed by atoms with Crippen molar-refractivity contribution in [3.8, 4) is 0 Å². The Morgan fingerprint density at radius 3 is 2.91 bits per heavy atom. The Morgan fingerprint density at radius 1 is 1.45 bits per heavy atom. The Hall–Kier alpha value is -1.79. The van der Waals surface area contributed by atoms with E-state index in [1.165, 1.54) is 11.8 Å². The molecule has 5 nitrogen and oxygen atoms in total. The quantitative estimate of drug-likeness (QED) is 0.648. The number of thioether (sulfide) groups is 1. The molecule has 0 radical (unpaired) electrons. The molecule has 0 aliphatic carbocycles. The molecule has 2 aromatic rings. The summed E-state index contributed by atoms with van der Waals surface area (Å²) in [4.78, 5) is 12.0. The van der Waals surface area contributed by atoms with Gasteiger partial charge in [0.05, 0.1) is 16.5 Å². The second-order valence-corrected chi connectivity index (χ2v) is 6.10. The number of allylic oxidation sites excluding steroid dienone is 1. The molecule has 0 saturated heterocycles. The summed E-state index contributed by atoms with van der Waals surface area (Å²) in [5.41, 5.74) is 1.66. The molecule has 0 unspecified atom stereocenters. The third-order valence-corrected chi connectivity index (χ3v) is 4.22. The van der Waals surface area contributed by atoms with E-state index < -0.39 is 0 Å². The minimum atomic E-state index is -0.137. The van der Waals surface area contributed by atoms with Crippen LogP contribution in [0.4, 0.5) is 5.69 Å². The molecular weight excluding hydrogens is 320 g/mol. The zero-order chi connectivity index (χ0) is 16.1. The molecule has 0 aliphatic rings. The van der Waals surface area contributed by atoms with Gasteiger partial charge in [-0.1, -0.05) is 35.5 Å². The normalized spacial score (nSPS) is 10.5. The molecular formula is C15H17ClN4OS. The van der Waals surface area contributed by atoms with Crippen LogP contribution in [0.2, 0.25) is 5.02 Å². The highest BCUT2D eigenvalue weighted by atomic mass is 35.5. The maximum Gasteiger partial charge on any atom is 0.234 e. The molecule has 22 heavy (non-hydrogen) atoms. The van der Waals surface area contributed by atoms with E-state index in [4.69, 9.17) is 11.6 Å². The van der Waals surface area contributed by atoms with Gasteiger partial charge in [-0.25, -0.2) is 0 Å². The number of rotatable bonds is 6. The van der Waals surface area contributed by atoms with Crippen molar-refractivity contribution < 1.29 is 4.79 Å². The van der Waals surface area contributed by atoms with Crippen LogP contribution in [0.5, 0.6) is 0 Å². The molecule has 7 heteroatoms. The number of carbonyl (C=O) groups excluding carboxylic acids is 1. The molecule has 0 spiro atoms. The highest BCUT2D eigenvalue weighted by Crippen LogP contribution is 2.23. The van der Waals surface area contributed by atoms with Crippen molar-refractivity contribution >= 4 is 35.0 Å². The Labute approximate surface area is 138 Å². The number of hydrogen-bond donors (Lipinski definition) is 1. The molecule has 1 heterocycles. The number of nitrogens with zero attached hydrogens (tertiary/aromatic N) is 3. The lowest BCUT2D eigenvalue weighted by Crippen LogP contribution is -2.15. The third kappa shape index (κ3) is 4.11. The SMILES string of the molecule is C=CCn1c(C)nnc1SCC(=O)Nc1ccc(C)cc1Cl. The number of benzene rings is 1. The summed E-state index contributed by atoms with van der Waals surface area (Å²) < 4.78 is 1.91. The van der Waals surface area contributed by atoms with E-state index in [1.807, 2.05) is 30.5 Å². The van der Waals surface area contributed by atoms with Crippen LogP contribution in [0.1, 0.15) is 11.4 Å². The predicted molar refractivity (Wildman–Crippen MR) is 90.5 cm³/mol. The molecule has 0 aliphatic heterocycles. The first-order valence-electron chi connectivity index (χ1n) is 6.70. The van der Waals surface area contributed by atoms with Gasteiger partial charge < -0.3 is 9.88 Å². The van der Waals surface area contributed by atoms with Crippen molar-refractivity contribution in [2.75, 3.05) is 11.1 Å². The van der Waals surface area contributed by atoms with Gasteiger partial charge in [-0.05, 0) is 31.5 Å². The van der Waals surface area contributed by atoms with Gasteiger partial charge in [0.25, 0.3) is 0 Å². The van der Waals surface area contributed by atoms with Gasteiger partial charge in [0.1, 0.15) is 5.82 Å². The number of halogens is 1. The van der Waals surface area contributed by atoms with Crippen molar-refractivity contribution in [3.63, 3.8) is 0 Å². The van der Waals surface area contributed by atoms with Gasteiger partial charge in [-0.15, -0.1) is 16.8 Å². The molecule has 0 saturated carbocycles. The van der Waals surface area contributed by atoms with Gasteiger partial charge in [0.15, 0.2) is 5.16 Å². The monoisotopic (exact) mass is 336 g/mol. The van der Waals surface area contributed by atoms with Gasteiger partial charge in [-0.3, -0.25) is 4.79 Å². The number of anilines is 1. The lowest BCUT2D eigenvalue weighted by atomic mass is 10.2. The number of nitrogens with one attached hydrogen (secondary N) is 1. The summed E-state index contributed by atoms with van der Waals surface area (Å²) in [5.74, 6) is 0.894. The van der Waals surface area contributed by atoms with Crippen LogP contribution in [0, 0.1) is 13.8 Å². The van der Waals surface area contributed by atoms with Crippen LogP contribution in [0.15, 0.2) is 36.0 Å². The molecule has 0 bridgehead atoms. The average molecular weight is 337 g/mol. The van der Waals surface area contributed by atoms with Crippen LogP contribution in [0.3, 0.4) is 0 Å². The number of hydrogen-bond acceptors (Lipinski definition) is 4. The zero-order valence-electron chi connectivity index (χ0n) is 12.5. The van der Waals surface area contributed by atoms with Gasteiger partial charge in [0, 0.05) is 6.54 Å². The van der Waals surface area contributed by atoms with Crippen LogP contribution < -0.4 is 5.32 Å². The lowest BCUT2D eigenvalue weighted by molar-refractivity contribution is -0.113. The molecule has 1 N–H and O–H groups in total. The summed E-state index contributed by atoms with van der Waals surface area (Å²) in [6, 6.07) is 5.51. The van der Waals surface area contributed by atoms with Crippen LogP contribution in [-0.4, -0.2) is 26.4 Å². The van der Waals surface area contributed by atoms with Crippen molar-refractivity contribution in [3.05, 3.63) is 47.3 Å². The van der Waals surface area contributed by atoms with Gasteiger partial charge in [-0.2, -0.15) is 0 Å². The summed E-state index contributed by atoms with van der Waals surface area (Å²) in [7, 11) is 0. The van der Waals surface area contributed by atoms with E-state index in [0.717, 1.165) is 11.4 Å². The number of aryl methyl sites for hydroxylation is 2. The smallest absolute Gasteiger partial charge is 0.234 e. The first-order chi connectivity index (χ1) is 10.5. The average Bonchev–Trinajstić information content (AvgIpc) is 2.81. The van der Waals surface area contributed by atoms with E-state index in [-0.39, 0.29) is 11.7 Å². The third-order valence-electron chi connectivity index (χ3n) is 2.94. The van der Waals surface area contributed by atoms with Crippen LogP contribution in [-0.2, 0) is 11.3 Å². The second kappa shape index (κ2) is 7.47. The number of amides is 1. The van der Waals surface area contributed by atoms with Crippen LogP contribution in [0.25, 0.3) is 0 Å². The van der Waals surface area contributed by atoms with Crippen molar-refractivity contribution in [1.82, 2.24) is 14.8 Å². The largest absolute Gasteiger partial charge is 0.324 e. The fourth-order valence-electron chi connectivity index (χ4n) is 1.85. The van der Waals surface area contributed by atoms with E-state index in [1.54, 1.807) is 12.1 Å². The van der Waals surface area contributed by atoms with E-state index in [9.17, 15) is 4.79 Å².